The maximum atomic E-state index is 13.2. The van der Waals surface area contributed by atoms with Gasteiger partial charge in [0.25, 0.3) is 0 Å². The van der Waals surface area contributed by atoms with Gasteiger partial charge in [0, 0.05) is 12.6 Å². The molecule has 2 N–H and O–H groups in total. The summed E-state index contributed by atoms with van der Waals surface area (Å²) in [6, 6.07) is 3.91. The molecule has 0 saturated heterocycles. The van der Waals surface area contributed by atoms with Crippen LogP contribution in [0.1, 0.15) is 18.6 Å². The first-order valence-electron chi connectivity index (χ1n) is 5.50. The average molecular weight is 257 g/mol. The number of hydrogen-bond acceptors (Lipinski definition) is 4. The van der Waals surface area contributed by atoms with Gasteiger partial charge in [0.2, 0.25) is 0 Å². The molecule has 1 atom stereocenters. The number of hydrogen-bond donors (Lipinski definition) is 2. The van der Waals surface area contributed by atoms with Crippen molar-refractivity contribution < 1.29 is 23.8 Å². The molecule has 0 aliphatic rings. The number of rotatable bonds is 5. The molecule has 1 amide bonds. The Labute approximate surface area is 105 Å². The van der Waals surface area contributed by atoms with Crippen LogP contribution in [-0.4, -0.2) is 31.5 Å². The van der Waals surface area contributed by atoms with Crippen LogP contribution in [0.3, 0.4) is 0 Å². The van der Waals surface area contributed by atoms with Crippen molar-refractivity contribution >= 4 is 6.09 Å². The van der Waals surface area contributed by atoms with Gasteiger partial charge in [0.05, 0.1) is 6.61 Å². The number of ether oxygens (including phenoxy) is 2. The zero-order chi connectivity index (χ0) is 13.5. The third-order valence-corrected chi connectivity index (χ3v) is 2.25. The number of benzene rings is 1. The van der Waals surface area contributed by atoms with Gasteiger partial charge in [0.15, 0.2) is 0 Å². The number of amides is 1. The minimum atomic E-state index is -0.658. The summed E-state index contributed by atoms with van der Waals surface area (Å²) in [4.78, 5) is 11.1. The highest BCUT2D eigenvalue weighted by atomic mass is 19.1. The fraction of sp³-hybridized carbons (Fsp3) is 0.417. The van der Waals surface area contributed by atoms with Crippen LogP contribution in [0.5, 0.6) is 5.75 Å². The molecular weight excluding hydrogens is 241 g/mol. The molecule has 5 nitrogen and oxygen atoms in total. The maximum Gasteiger partial charge on any atom is 0.407 e. The summed E-state index contributed by atoms with van der Waals surface area (Å²) >= 11 is 0. The number of aliphatic hydroxyl groups excluding tert-OH is 1. The van der Waals surface area contributed by atoms with Crippen molar-refractivity contribution in [1.29, 1.82) is 0 Å². The topological polar surface area (TPSA) is 67.8 Å². The molecule has 1 rings (SSSR count). The van der Waals surface area contributed by atoms with Crippen LogP contribution >= 0.6 is 0 Å². The van der Waals surface area contributed by atoms with Gasteiger partial charge in [-0.2, -0.15) is 0 Å². The smallest absolute Gasteiger partial charge is 0.407 e. The highest BCUT2D eigenvalue weighted by Crippen LogP contribution is 2.28. The monoisotopic (exact) mass is 257 g/mol. The van der Waals surface area contributed by atoms with Gasteiger partial charge >= 0.3 is 6.09 Å². The first-order valence-corrected chi connectivity index (χ1v) is 5.50. The van der Waals surface area contributed by atoms with Gasteiger partial charge in [-0.25, -0.2) is 9.18 Å². The lowest BCUT2D eigenvalue weighted by molar-refractivity contribution is 0.106. The van der Waals surface area contributed by atoms with Crippen LogP contribution in [0.4, 0.5) is 9.18 Å². The Hall–Kier alpha value is -1.82. The standard InChI is InChI=1S/C12H16FNO4/c1-8(18-12(16)14-2)10-7-9(13)3-4-11(10)17-6-5-15/h3-4,7-8,15H,5-6H2,1-2H3,(H,14,16). The Morgan fingerprint density at radius 1 is 1.56 bits per heavy atom. The van der Waals surface area contributed by atoms with Crippen molar-refractivity contribution in [1.82, 2.24) is 5.32 Å². The number of nitrogens with one attached hydrogen (secondary N) is 1. The van der Waals surface area contributed by atoms with Crippen LogP contribution in [0.2, 0.25) is 0 Å². The van der Waals surface area contributed by atoms with Gasteiger partial charge in [0.1, 0.15) is 24.3 Å². The molecule has 0 aliphatic carbocycles. The largest absolute Gasteiger partial charge is 0.491 e. The van der Waals surface area contributed by atoms with E-state index in [1.54, 1.807) is 6.92 Å². The molecule has 18 heavy (non-hydrogen) atoms. The van der Waals surface area contributed by atoms with Gasteiger partial charge in [-0.05, 0) is 25.1 Å². The van der Waals surface area contributed by atoms with E-state index in [1.165, 1.54) is 25.2 Å². The zero-order valence-corrected chi connectivity index (χ0v) is 10.3. The van der Waals surface area contributed by atoms with Crippen molar-refractivity contribution in [3.63, 3.8) is 0 Å². The minimum Gasteiger partial charge on any atom is -0.491 e. The molecule has 0 bridgehead atoms. The maximum absolute atomic E-state index is 13.2. The predicted molar refractivity (Wildman–Crippen MR) is 62.9 cm³/mol. The summed E-state index contributed by atoms with van der Waals surface area (Å²) in [7, 11) is 1.43. The normalized spacial score (nSPS) is 11.8. The second-order valence-electron chi connectivity index (χ2n) is 3.55. The fourth-order valence-corrected chi connectivity index (χ4v) is 1.41. The second kappa shape index (κ2) is 6.80. The van der Waals surface area contributed by atoms with Crippen LogP contribution in [0.15, 0.2) is 18.2 Å². The Morgan fingerprint density at radius 3 is 2.89 bits per heavy atom. The SMILES string of the molecule is CNC(=O)OC(C)c1cc(F)ccc1OCCO. The molecule has 0 heterocycles. The molecule has 1 aromatic carbocycles. The predicted octanol–water partition coefficient (Wildman–Crippen LogP) is 1.61. The van der Waals surface area contributed by atoms with Gasteiger partial charge in [-0.1, -0.05) is 0 Å². The molecule has 6 heteroatoms. The summed E-state index contributed by atoms with van der Waals surface area (Å²) in [6.45, 7) is 1.54. The zero-order valence-electron chi connectivity index (χ0n) is 10.3. The van der Waals surface area contributed by atoms with E-state index in [4.69, 9.17) is 14.6 Å². The van der Waals surface area contributed by atoms with E-state index in [9.17, 15) is 9.18 Å². The summed E-state index contributed by atoms with van der Waals surface area (Å²) < 4.78 is 23.4. The molecule has 0 aliphatic heterocycles. The van der Waals surface area contributed by atoms with E-state index in [0.29, 0.717) is 11.3 Å². The van der Waals surface area contributed by atoms with E-state index in [0.717, 1.165) is 0 Å². The lowest BCUT2D eigenvalue weighted by Crippen LogP contribution is -2.21. The summed E-state index contributed by atoms with van der Waals surface area (Å²) in [5.41, 5.74) is 0.409. The van der Waals surface area contributed by atoms with Crippen molar-refractivity contribution in [3.05, 3.63) is 29.6 Å². The summed E-state index contributed by atoms with van der Waals surface area (Å²) in [5, 5.41) is 11.0. The highest BCUT2D eigenvalue weighted by molar-refractivity contribution is 5.67. The summed E-state index contributed by atoms with van der Waals surface area (Å²) in [6.07, 6.45) is -1.27. The van der Waals surface area contributed by atoms with Crippen LogP contribution in [0, 0.1) is 5.82 Å². The van der Waals surface area contributed by atoms with E-state index in [1.807, 2.05) is 0 Å². The molecule has 100 valence electrons. The lowest BCUT2D eigenvalue weighted by Gasteiger charge is -2.17. The van der Waals surface area contributed by atoms with Crippen LogP contribution < -0.4 is 10.1 Å². The van der Waals surface area contributed by atoms with Crippen molar-refractivity contribution in [3.8, 4) is 5.75 Å². The van der Waals surface area contributed by atoms with Crippen molar-refractivity contribution in [2.75, 3.05) is 20.3 Å². The van der Waals surface area contributed by atoms with Gasteiger partial charge in [-0.3, -0.25) is 0 Å². The third-order valence-electron chi connectivity index (χ3n) is 2.25. The molecule has 0 radical (unpaired) electrons. The Morgan fingerprint density at radius 2 is 2.28 bits per heavy atom. The van der Waals surface area contributed by atoms with E-state index < -0.39 is 18.0 Å². The fourth-order valence-electron chi connectivity index (χ4n) is 1.41. The summed E-state index contributed by atoms with van der Waals surface area (Å²) in [5.74, 6) is -0.0736. The molecule has 0 aromatic heterocycles. The number of carbonyl (C=O) groups excluding carboxylic acids is 1. The molecule has 0 fully saturated rings. The number of halogens is 1. The minimum absolute atomic E-state index is 0.0886. The molecule has 0 spiro atoms. The molecular formula is C12H16FNO4. The van der Waals surface area contributed by atoms with Crippen LogP contribution in [-0.2, 0) is 4.74 Å². The van der Waals surface area contributed by atoms with Gasteiger partial charge < -0.3 is 19.9 Å². The third kappa shape index (κ3) is 3.89. The molecule has 1 unspecified atom stereocenters. The molecule has 0 saturated carbocycles. The second-order valence-corrected chi connectivity index (χ2v) is 3.55. The van der Waals surface area contributed by atoms with Crippen LogP contribution in [0.25, 0.3) is 0 Å². The Kier molecular flexibility index (Phi) is 5.38. The number of carbonyl (C=O) groups is 1. The van der Waals surface area contributed by atoms with E-state index in [2.05, 4.69) is 5.32 Å². The number of aliphatic hydroxyl groups is 1. The molecule has 1 aromatic rings. The first kappa shape index (κ1) is 14.2. The first-order chi connectivity index (χ1) is 8.58. The van der Waals surface area contributed by atoms with Crippen molar-refractivity contribution in [2.45, 2.75) is 13.0 Å². The Balaban J connectivity index is 2.89. The van der Waals surface area contributed by atoms with E-state index in [-0.39, 0.29) is 13.2 Å². The lowest BCUT2D eigenvalue weighted by atomic mass is 10.1. The number of alkyl carbamates (subject to hydrolysis) is 1. The van der Waals surface area contributed by atoms with Gasteiger partial charge in [-0.15, -0.1) is 0 Å². The quantitative estimate of drug-likeness (QED) is 0.841. The highest BCUT2D eigenvalue weighted by Gasteiger charge is 2.16. The van der Waals surface area contributed by atoms with E-state index >= 15 is 0 Å². The van der Waals surface area contributed by atoms with Crippen molar-refractivity contribution in [2.24, 2.45) is 0 Å². The Bertz CT molecular complexity index is 411. The average Bonchev–Trinajstić information content (AvgIpc) is 2.36.